The normalized spacial score (nSPS) is 11.7. The van der Waals surface area contributed by atoms with Crippen molar-refractivity contribution in [3.63, 3.8) is 0 Å². The number of nitrogens with one attached hydrogen (secondary N) is 1. The fraction of sp³-hybridized carbons (Fsp3) is 0.0714. The quantitative estimate of drug-likeness (QED) is 0.800. The average Bonchev–Trinajstić information content (AvgIpc) is 2.76. The zero-order chi connectivity index (χ0) is 15.9. The lowest BCUT2D eigenvalue weighted by molar-refractivity contribution is 0.527. The lowest BCUT2D eigenvalue weighted by atomic mass is 10.3. The van der Waals surface area contributed by atoms with Gasteiger partial charge in [-0.2, -0.15) is 0 Å². The van der Waals surface area contributed by atoms with Crippen molar-refractivity contribution >= 4 is 26.8 Å². The van der Waals surface area contributed by atoms with Crippen molar-refractivity contribution in [3.8, 4) is 0 Å². The number of halogens is 1. The second kappa shape index (κ2) is 4.99. The number of rotatable bonds is 3. The molecular formula is C14H11FN2O4S. The first-order valence-electron chi connectivity index (χ1n) is 6.25. The predicted octanol–water partition coefficient (Wildman–Crippen LogP) is 2.07. The van der Waals surface area contributed by atoms with E-state index < -0.39 is 21.6 Å². The van der Waals surface area contributed by atoms with E-state index in [-0.39, 0.29) is 16.2 Å². The van der Waals surface area contributed by atoms with E-state index in [0.717, 1.165) is 6.07 Å². The summed E-state index contributed by atoms with van der Waals surface area (Å²) in [5.74, 6) is -1.27. The summed E-state index contributed by atoms with van der Waals surface area (Å²) in [4.78, 5) is 11.3. The molecule has 22 heavy (non-hydrogen) atoms. The van der Waals surface area contributed by atoms with Crippen LogP contribution in [0, 0.1) is 5.82 Å². The van der Waals surface area contributed by atoms with Gasteiger partial charge < -0.3 is 4.42 Å². The highest BCUT2D eigenvalue weighted by molar-refractivity contribution is 7.92. The summed E-state index contributed by atoms with van der Waals surface area (Å²) < 4.78 is 46.5. The van der Waals surface area contributed by atoms with Gasteiger partial charge in [-0.3, -0.25) is 9.29 Å². The average molecular weight is 322 g/mol. The van der Waals surface area contributed by atoms with E-state index in [1.54, 1.807) is 0 Å². The van der Waals surface area contributed by atoms with Gasteiger partial charge >= 0.3 is 5.76 Å². The number of para-hydroxylation sites is 1. The molecule has 0 aliphatic carbocycles. The van der Waals surface area contributed by atoms with Crippen LogP contribution in [0.3, 0.4) is 0 Å². The maximum atomic E-state index is 13.6. The molecule has 0 aliphatic rings. The van der Waals surface area contributed by atoms with Crippen LogP contribution in [-0.2, 0) is 17.1 Å². The molecule has 1 aromatic heterocycles. The van der Waals surface area contributed by atoms with E-state index >= 15 is 0 Å². The van der Waals surface area contributed by atoms with Crippen LogP contribution in [0.25, 0.3) is 11.1 Å². The number of aryl methyl sites for hydroxylation is 1. The van der Waals surface area contributed by atoms with E-state index in [4.69, 9.17) is 4.42 Å². The third-order valence-electron chi connectivity index (χ3n) is 3.19. The van der Waals surface area contributed by atoms with Gasteiger partial charge in [0.15, 0.2) is 5.58 Å². The van der Waals surface area contributed by atoms with Gasteiger partial charge in [0.2, 0.25) is 0 Å². The van der Waals surface area contributed by atoms with Crippen LogP contribution in [0.4, 0.5) is 10.1 Å². The summed E-state index contributed by atoms with van der Waals surface area (Å²) in [5.41, 5.74) is 0.455. The first-order chi connectivity index (χ1) is 10.4. The van der Waals surface area contributed by atoms with Crippen LogP contribution >= 0.6 is 0 Å². The molecule has 6 nitrogen and oxygen atoms in total. The third-order valence-corrected chi connectivity index (χ3v) is 4.56. The van der Waals surface area contributed by atoms with Crippen molar-refractivity contribution in [2.45, 2.75) is 4.90 Å². The smallest absolute Gasteiger partial charge is 0.408 e. The second-order valence-electron chi connectivity index (χ2n) is 4.64. The Kier molecular flexibility index (Phi) is 3.25. The molecule has 0 aliphatic heterocycles. The summed E-state index contributed by atoms with van der Waals surface area (Å²) in [7, 11) is -2.48. The van der Waals surface area contributed by atoms with Gasteiger partial charge in [-0.15, -0.1) is 0 Å². The van der Waals surface area contributed by atoms with E-state index in [9.17, 15) is 17.6 Å². The molecule has 0 unspecified atom stereocenters. The molecule has 1 heterocycles. The van der Waals surface area contributed by atoms with E-state index in [1.165, 1.54) is 48.0 Å². The Hall–Kier alpha value is -2.61. The fourth-order valence-electron chi connectivity index (χ4n) is 2.03. The molecule has 2 aromatic carbocycles. The summed E-state index contributed by atoms with van der Waals surface area (Å²) >= 11 is 0. The first kappa shape index (κ1) is 14.3. The van der Waals surface area contributed by atoms with Crippen LogP contribution in [0.1, 0.15) is 0 Å². The molecule has 3 rings (SSSR count). The summed E-state index contributed by atoms with van der Waals surface area (Å²) in [5, 5.41) is 0. The van der Waals surface area contributed by atoms with Crippen LogP contribution in [-0.4, -0.2) is 13.0 Å². The van der Waals surface area contributed by atoms with Gasteiger partial charge in [0.05, 0.1) is 16.1 Å². The molecule has 114 valence electrons. The van der Waals surface area contributed by atoms with Crippen molar-refractivity contribution in [1.29, 1.82) is 0 Å². The Morgan fingerprint density at radius 3 is 2.64 bits per heavy atom. The molecule has 0 fully saturated rings. The molecule has 0 radical (unpaired) electrons. The molecule has 0 spiro atoms. The van der Waals surface area contributed by atoms with E-state index in [2.05, 4.69) is 4.72 Å². The predicted molar refractivity (Wildman–Crippen MR) is 78.7 cm³/mol. The molecule has 0 saturated heterocycles. The number of fused-ring (bicyclic) bond motifs is 1. The van der Waals surface area contributed by atoms with Crippen LogP contribution in [0.2, 0.25) is 0 Å². The SMILES string of the molecule is Cn1c(=O)oc2cc(S(=O)(=O)Nc3ccccc3F)ccc21. The Morgan fingerprint density at radius 2 is 1.91 bits per heavy atom. The zero-order valence-corrected chi connectivity index (χ0v) is 12.2. The highest BCUT2D eigenvalue weighted by Gasteiger charge is 2.18. The number of oxazole rings is 1. The molecule has 0 bridgehead atoms. The fourth-order valence-corrected chi connectivity index (χ4v) is 3.11. The van der Waals surface area contributed by atoms with Gasteiger partial charge in [-0.25, -0.2) is 17.6 Å². The molecule has 3 aromatic rings. The monoisotopic (exact) mass is 322 g/mol. The van der Waals surface area contributed by atoms with Gasteiger partial charge in [0.25, 0.3) is 10.0 Å². The number of anilines is 1. The van der Waals surface area contributed by atoms with Gasteiger partial charge in [0.1, 0.15) is 5.82 Å². The highest BCUT2D eigenvalue weighted by Crippen LogP contribution is 2.22. The number of hydrogen-bond donors (Lipinski definition) is 1. The maximum absolute atomic E-state index is 13.6. The standard InChI is InChI=1S/C14H11FN2O4S/c1-17-12-7-6-9(8-13(12)21-14(17)18)22(19,20)16-11-5-3-2-4-10(11)15/h2-8,16H,1H3. The van der Waals surface area contributed by atoms with Gasteiger partial charge in [0, 0.05) is 13.1 Å². The van der Waals surface area contributed by atoms with Crippen molar-refractivity contribution in [2.75, 3.05) is 4.72 Å². The number of hydrogen-bond acceptors (Lipinski definition) is 4. The van der Waals surface area contributed by atoms with Crippen molar-refractivity contribution in [3.05, 3.63) is 58.8 Å². The lowest BCUT2D eigenvalue weighted by Gasteiger charge is -2.08. The lowest BCUT2D eigenvalue weighted by Crippen LogP contribution is -2.13. The van der Waals surface area contributed by atoms with Crippen LogP contribution < -0.4 is 10.5 Å². The highest BCUT2D eigenvalue weighted by atomic mass is 32.2. The van der Waals surface area contributed by atoms with Crippen LogP contribution in [0.15, 0.2) is 56.6 Å². The molecule has 0 saturated carbocycles. The minimum atomic E-state index is -3.99. The molecule has 8 heteroatoms. The summed E-state index contributed by atoms with van der Waals surface area (Å²) in [6.45, 7) is 0. The Balaban J connectivity index is 2.06. The van der Waals surface area contributed by atoms with Crippen LogP contribution in [0.5, 0.6) is 0 Å². The van der Waals surface area contributed by atoms with Gasteiger partial charge in [-0.05, 0) is 24.3 Å². The number of sulfonamides is 1. The Morgan fingerprint density at radius 1 is 1.18 bits per heavy atom. The van der Waals surface area contributed by atoms with Crippen molar-refractivity contribution in [2.24, 2.45) is 7.05 Å². The Bertz CT molecular complexity index is 1020. The molecular weight excluding hydrogens is 311 g/mol. The Labute approximate surface area is 124 Å². The van der Waals surface area contributed by atoms with Gasteiger partial charge in [-0.1, -0.05) is 12.1 Å². The summed E-state index contributed by atoms with van der Waals surface area (Å²) in [6, 6.07) is 9.43. The first-order valence-corrected chi connectivity index (χ1v) is 7.74. The largest absolute Gasteiger partial charge is 0.419 e. The van der Waals surface area contributed by atoms with E-state index in [1.807, 2.05) is 0 Å². The van der Waals surface area contributed by atoms with Crippen molar-refractivity contribution < 1.29 is 17.2 Å². The minimum absolute atomic E-state index is 0.127. The minimum Gasteiger partial charge on any atom is -0.408 e. The van der Waals surface area contributed by atoms with Crippen molar-refractivity contribution in [1.82, 2.24) is 4.57 Å². The molecule has 0 amide bonds. The zero-order valence-electron chi connectivity index (χ0n) is 11.4. The third kappa shape index (κ3) is 2.37. The number of nitrogens with zero attached hydrogens (tertiary/aromatic N) is 1. The second-order valence-corrected chi connectivity index (χ2v) is 6.32. The number of benzene rings is 2. The number of aromatic nitrogens is 1. The summed E-state index contributed by atoms with van der Waals surface area (Å²) in [6.07, 6.45) is 0. The topological polar surface area (TPSA) is 81.3 Å². The molecule has 0 atom stereocenters. The maximum Gasteiger partial charge on any atom is 0.419 e. The van der Waals surface area contributed by atoms with E-state index in [0.29, 0.717) is 5.52 Å². The molecule has 1 N–H and O–H groups in total.